The zero-order chi connectivity index (χ0) is 12.5. The largest absolute Gasteiger partial charge is 0.497 e. The minimum absolute atomic E-state index is 0.275. The van der Waals surface area contributed by atoms with Crippen LogP contribution in [0.2, 0.25) is 0 Å². The zero-order valence-electron chi connectivity index (χ0n) is 10.9. The quantitative estimate of drug-likeness (QED) is 0.780. The van der Waals surface area contributed by atoms with Gasteiger partial charge in [-0.2, -0.15) is 0 Å². The molecule has 1 heterocycles. The summed E-state index contributed by atoms with van der Waals surface area (Å²) in [5.74, 6) is 0.889. The number of rotatable bonds is 2. The van der Waals surface area contributed by atoms with Crippen LogP contribution in [0.1, 0.15) is 26.3 Å². The molecule has 2 nitrogen and oxygen atoms in total. The molecule has 17 heavy (non-hydrogen) atoms. The number of pyridine rings is 1. The Morgan fingerprint density at radius 1 is 1.18 bits per heavy atom. The molecule has 0 saturated carbocycles. The van der Waals surface area contributed by atoms with Crippen molar-refractivity contribution in [3.8, 4) is 5.75 Å². The van der Waals surface area contributed by atoms with Gasteiger partial charge in [0.2, 0.25) is 0 Å². The highest BCUT2D eigenvalue weighted by atomic mass is 16.5. The zero-order valence-corrected chi connectivity index (χ0v) is 10.9. The molecule has 0 aliphatic carbocycles. The lowest BCUT2D eigenvalue weighted by Crippen LogP contribution is -2.09. The van der Waals surface area contributed by atoms with Crippen molar-refractivity contribution < 1.29 is 4.74 Å². The topological polar surface area (TPSA) is 22.1 Å². The predicted molar refractivity (Wildman–Crippen MR) is 71.5 cm³/mol. The van der Waals surface area contributed by atoms with E-state index in [-0.39, 0.29) is 5.41 Å². The summed E-state index contributed by atoms with van der Waals surface area (Å²) in [5, 5.41) is 1.20. The van der Waals surface area contributed by atoms with Gasteiger partial charge in [-0.3, -0.25) is 4.98 Å². The summed E-state index contributed by atoms with van der Waals surface area (Å²) in [6.07, 6.45) is 2.93. The molecule has 0 saturated heterocycles. The Labute approximate surface area is 103 Å². The van der Waals surface area contributed by atoms with E-state index in [9.17, 15) is 0 Å². The van der Waals surface area contributed by atoms with Crippen molar-refractivity contribution in [3.05, 3.63) is 36.0 Å². The van der Waals surface area contributed by atoms with E-state index in [1.807, 2.05) is 18.3 Å². The Morgan fingerprint density at radius 2 is 1.94 bits per heavy atom. The molecule has 2 heteroatoms. The van der Waals surface area contributed by atoms with Crippen LogP contribution in [0.25, 0.3) is 10.9 Å². The molecule has 0 N–H and O–H groups in total. The second kappa shape index (κ2) is 4.36. The maximum Gasteiger partial charge on any atom is 0.119 e. The highest BCUT2D eigenvalue weighted by molar-refractivity contribution is 5.83. The smallest absolute Gasteiger partial charge is 0.119 e. The fourth-order valence-electron chi connectivity index (χ4n) is 2.03. The number of fused-ring (bicyclic) bond motifs is 1. The first-order valence-corrected chi connectivity index (χ1v) is 5.91. The second-order valence-corrected chi connectivity index (χ2v) is 5.59. The van der Waals surface area contributed by atoms with Crippen LogP contribution < -0.4 is 4.74 Å². The number of ether oxygens (including phenoxy) is 1. The maximum atomic E-state index is 5.28. The molecule has 0 aliphatic rings. The van der Waals surface area contributed by atoms with Crippen LogP contribution in [-0.4, -0.2) is 12.1 Å². The van der Waals surface area contributed by atoms with E-state index in [1.165, 1.54) is 10.9 Å². The fourth-order valence-corrected chi connectivity index (χ4v) is 2.03. The number of aromatic nitrogens is 1. The first-order valence-electron chi connectivity index (χ1n) is 5.91. The van der Waals surface area contributed by atoms with Gasteiger partial charge in [-0.1, -0.05) is 20.8 Å². The Bertz CT molecular complexity index is 526. The van der Waals surface area contributed by atoms with Crippen molar-refractivity contribution in [1.82, 2.24) is 4.98 Å². The molecular formula is C15H19NO. The SMILES string of the molecule is COc1ccc2nccc(CC(C)(C)C)c2c1. The molecule has 0 unspecified atom stereocenters. The molecule has 0 amide bonds. The number of nitrogens with zero attached hydrogens (tertiary/aromatic N) is 1. The van der Waals surface area contributed by atoms with Gasteiger partial charge in [-0.25, -0.2) is 0 Å². The second-order valence-electron chi connectivity index (χ2n) is 5.59. The number of hydrogen-bond acceptors (Lipinski definition) is 2. The molecule has 1 aromatic heterocycles. The first kappa shape index (κ1) is 11.9. The normalized spacial score (nSPS) is 11.8. The molecule has 0 spiro atoms. The van der Waals surface area contributed by atoms with E-state index in [2.05, 4.69) is 37.9 Å². The molecule has 0 atom stereocenters. The third-order valence-corrected chi connectivity index (χ3v) is 2.76. The molecule has 0 bridgehead atoms. The molecule has 2 rings (SSSR count). The minimum atomic E-state index is 0.275. The predicted octanol–water partition coefficient (Wildman–Crippen LogP) is 3.83. The summed E-state index contributed by atoms with van der Waals surface area (Å²) in [7, 11) is 1.70. The molecule has 0 radical (unpaired) electrons. The monoisotopic (exact) mass is 229 g/mol. The van der Waals surface area contributed by atoms with Gasteiger partial charge in [-0.15, -0.1) is 0 Å². The summed E-state index contributed by atoms with van der Waals surface area (Å²) >= 11 is 0. The number of methoxy groups -OCH3 is 1. The van der Waals surface area contributed by atoms with E-state index in [0.717, 1.165) is 17.7 Å². The average Bonchev–Trinajstić information content (AvgIpc) is 2.27. The van der Waals surface area contributed by atoms with Gasteiger partial charge in [-0.05, 0) is 41.7 Å². The van der Waals surface area contributed by atoms with Crippen LogP contribution in [0.15, 0.2) is 30.5 Å². The van der Waals surface area contributed by atoms with E-state index in [0.29, 0.717) is 0 Å². The minimum Gasteiger partial charge on any atom is -0.497 e. The molecule has 90 valence electrons. The molecular weight excluding hydrogens is 210 g/mol. The van der Waals surface area contributed by atoms with Crippen LogP contribution in [-0.2, 0) is 6.42 Å². The Morgan fingerprint density at radius 3 is 2.59 bits per heavy atom. The lowest BCUT2D eigenvalue weighted by molar-refractivity contribution is 0.411. The lowest BCUT2D eigenvalue weighted by atomic mass is 9.87. The van der Waals surface area contributed by atoms with Crippen molar-refractivity contribution >= 4 is 10.9 Å². The van der Waals surface area contributed by atoms with Crippen LogP contribution in [0.4, 0.5) is 0 Å². The van der Waals surface area contributed by atoms with Crippen molar-refractivity contribution in [1.29, 1.82) is 0 Å². The summed E-state index contributed by atoms with van der Waals surface area (Å²) in [6.45, 7) is 6.75. The molecule has 2 aromatic rings. The van der Waals surface area contributed by atoms with Gasteiger partial charge in [0, 0.05) is 11.6 Å². The summed E-state index contributed by atoms with van der Waals surface area (Å²) in [4.78, 5) is 4.39. The first-order chi connectivity index (χ1) is 7.99. The van der Waals surface area contributed by atoms with Gasteiger partial charge in [0.25, 0.3) is 0 Å². The third-order valence-electron chi connectivity index (χ3n) is 2.76. The van der Waals surface area contributed by atoms with Crippen molar-refractivity contribution in [2.24, 2.45) is 5.41 Å². The standard InChI is InChI=1S/C15H19NO/c1-15(2,3)10-11-7-8-16-14-6-5-12(17-4)9-13(11)14/h5-9H,10H2,1-4H3. The van der Waals surface area contributed by atoms with Gasteiger partial charge in [0.05, 0.1) is 12.6 Å². The van der Waals surface area contributed by atoms with E-state index in [4.69, 9.17) is 4.74 Å². The van der Waals surface area contributed by atoms with Gasteiger partial charge < -0.3 is 4.74 Å². The van der Waals surface area contributed by atoms with Gasteiger partial charge >= 0.3 is 0 Å². The van der Waals surface area contributed by atoms with Crippen LogP contribution in [0, 0.1) is 5.41 Å². The van der Waals surface area contributed by atoms with Crippen molar-refractivity contribution in [2.45, 2.75) is 27.2 Å². The Hall–Kier alpha value is -1.57. The Kier molecular flexibility index (Phi) is 3.05. The highest BCUT2D eigenvalue weighted by Gasteiger charge is 2.13. The van der Waals surface area contributed by atoms with Crippen LogP contribution in [0.5, 0.6) is 5.75 Å². The van der Waals surface area contributed by atoms with Crippen LogP contribution >= 0.6 is 0 Å². The maximum absolute atomic E-state index is 5.28. The average molecular weight is 229 g/mol. The molecule has 0 aliphatic heterocycles. The van der Waals surface area contributed by atoms with Crippen LogP contribution in [0.3, 0.4) is 0 Å². The summed E-state index contributed by atoms with van der Waals surface area (Å²) in [5.41, 5.74) is 2.64. The van der Waals surface area contributed by atoms with E-state index < -0.39 is 0 Å². The molecule has 1 aromatic carbocycles. The summed E-state index contributed by atoms with van der Waals surface area (Å²) < 4.78 is 5.28. The van der Waals surface area contributed by atoms with E-state index in [1.54, 1.807) is 7.11 Å². The van der Waals surface area contributed by atoms with Gasteiger partial charge in [0.15, 0.2) is 0 Å². The number of hydrogen-bond donors (Lipinski definition) is 0. The number of benzene rings is 1. The Balaban J connectivity index is 2.54. The fraction of sp³-hybridized carbons (Fsp3) is 0.400. The van der Waals surface area contributed by atoms with E-state index >= 15 is 0 Å². The lowest BCUT2D eigenvalue weighted by Gasteiger charge is -2.19. The summed E-state index contributed by atoms with van der Waals surface area (Å²) in [6, 6.07) is 8.15. The van der Waals surface area contributed by atoms with Gasteiger partial charge in [0.1, 0.15) is 5.75 Å². The molecule has 0 fully saturated rings. The van der Waals surface area contributed by atoms with Crippen molar-refractivity contribution in [3.63, 3.8) is 0 Å². The third kappa shape index (κ3) is 2.76. The highest BCUT2D eigenvalue weighted by Crippen LogP contribution is 2.27. The van der Waals surface area contributed by atoms with Crippen molar-refractivity contribution in [2.75, 3.05) is 7.11 Å².